The highest BCUT2D eigenvalue weighted by Crippen LogP contribution is 2.28. The number of nitrogens with zero attached hydrogens (tertiary/aromatic N) is 1. The Hall–Kier alpha value is -1.81. The van der Waals surface area contributed by atoms with Crippen LogP contribution in [0, 0.1) is 5.82 Å². The number of rotatable bonds is 3. The van der Waals surface area contributed by atoms with E-state index in [-0.39, 0.29) is 5.82 Å². The first-order chi connectivity index (χ1) is 9.69. The number of hydrogen-bond donors (Lipinski definition) is 0. The van der Waals surface area contributed by atoms with E-state index in [0.717, 1.165) is 26.7 Å². The Labute approximate surface area is 124 Å². The van der Waals surface area contributed by atoms with Crippen LogP contribution in [0.25, 0.3) is 10.9 Å². The van der Waals surface area contributed by atoms with Gasteiger partial charge in [0.2, 0.25) is 0 Å². The van der Waals surface area contributed by atoms with Crippen molar-refractivity contribution in [3.05, 3.63) is 64.5 Å². The van der Waals surface area contributed by atoms with E-state index < -0.39 is 0 Å². The summed E-state index contributed by atoms with van der Waals surface area (Å²) in [7, 11) is 1.67. The molecule has 0 aliphatic heterocycles. The van der Waals surface area contributed by atoms with Gasteiger partial charge < -0.3 is 9.30 Å². The van der Waals surface area contributed by atoms with Gasteiger partial charge in [-0.1, -0.05) is 28.1 Å². The molecule has 3 rings (SSSR count). The SMILES string of the molecule is COc1cccc2c1ccn2Cc1ccc(F)cc1Br. The molecule has 0 bridgehead atoms. The molecule has 1 heterocycles. The van der Waals surface area contributed by atoms with E-state index >= 15 is 0 Å². The standard InChI is InChI=1S/C16H13BrFNO/c1-20-16-4-2-3-15-13(16)7-8-19(15)10-11-5-6-12(18)9-14(11)17/h2-9H,10H2,1H3. The molecule has 0 aliphatic carbocycles. The second kappa shape index (κ2) is 5.29. The summed E-state index contributed by atoms with van der Waals surface area (Å²) in [5.41, 5.74) is 2.13. The van der Waals surface area contributed by atoms with Gasteiger partial charge in [-0.25, -0.2) is 4.39 Å². The van der Waals surface area contributed by atoms with Crippen LogP contribution in [-0.2, 0) is 6.54 Å². The second-order valence-corrected chi connectivity index (χ2v) is 5.43. The highest BCUT2D eigenvalue weighted by molar-refractivity contribution is 9.10. The maximum Gasteiger partial charge on any atom is 0.128 e. The molecule has 0 fully saturated rings. The molecule has 0 unspecified atom stereocenters. The fourth-order valence-electron chi connectivity index (χ4n) is 2.34. The molecule has 0 radical (unpaired) electrons. The van der Waals surface area contributed by atoms with E-state index in [9.17, 15) is 4.39 Å². The van der Waals surface area contributed by atoms with Crippen LogP contribution in [-0.4, -0.2) is 11.7 Å². The van der Waals surface area contributed by atoms with Gasteiger partial charge >= 0.3 is 0 Å². The third-order valence-electron chi connectivity index (χ3n) is 3.35. The Morgan fingerprint density at radius 1 is 1.20 bits per heavy atom. The van der Waals surface area contributed by atoms with Crippen LogP contribution in [0.4, 0.5) is 4.39 Å². The smallest absolute Gasteiger partial charge is 0.128 e. The molecule has 4 heteroatoms. The normalized spacial score (nSPS) is 10.9. The Balaban J connectivity index is 2.03. The number of methoxy groups -OCH3 is 1. The summed E-state index contributed by atoms with van der Waals surface area (Å²) in [5, 5.41) is 1.08. The summed E-state index contributed by atoms with van der Waals surface area (Å²) >= 11 is 3.41. The van der Waals surface area contributed by atoms with Crippen LogP contribution in [0.3, 0.4) is 0 Å². The van der Waals surface area contributed by atoms with E-state index in [1.54, 1.807) is 13.2 Å². The topological polar surface area (TPSA) is 14.2 Å². The molecule has 2 aromatic carbocycles. The first-order valence-electron chi connectivity index (χ1n) is 6.25. The summed E-state index contributed by atoms with van der Waals surface area (Å²) < 4.78 is 21.4. The summed E-state index contributed by atoms with van der Waals surface area (Å²) in [6.45, 7) is 0.678. The first kappa shape index (κ1) is 13.2. The number of hydrogen-bond acceptors (Lipinski definition) is 1. The summed E-state index contributed by atoms with van der Waals surface area (Å²) in [4.78, 5) is 0. The van der Waals surface area contributed by atoms with E-state index in [1.165, 1.54) is 12.1 Å². The van der Waals surface area contributed by atoms with Crippen LogP contribution in [0.2, 0.25) is 0 Å². The van der Waals surface area contributed by atoms with Gasteiger partial charge in [-0.15, -0.1) is 0 Å². The Bertz CT molecular complexity index is 766. The van der Waals surface area contributed by atoms with Crippen LogP contribution >= 0.6 is 15.9 Å². The second-order valence-electron chi connectivity index (χ2n) is 4.57. The van der Waals surface area contributed by atoms with Gasteiger partial charge in [0.15, 0.2) is 0 Å². The lowest BCUT2D eigenvalue weighted by Gasteiger charge is -2.09. The van der Waals surface area contributed by atoms with Gasteiger partial charge in [-0.3, -0.25) is 0 Å². The molecule has 0 amide bonds. The predicted molar refractivity (Wildman–Crippen MR) is 81.7 cm³/mol. The minimum Gasteiger partial charge on any atom is -0.496 e. The lowest BCUT2D eigenvalue weighted by Crippen LogP contribution is -1.99. The minimum atomic E-state index is -0.236. The fourth-order valence-corrected chi connectivity index (χ4v) is 2.82. The first-order valence-corrected chi connectivity index (χ1v) is 7.04. The average molecular weight is 334 g/mol. The van der Waals surface area contributed by atoms with Crippen molar-refractivity contribution >= 4 is 26.8 Å². The average Bonchev–Trinajstić information content (AvgIpc) is 2.85. The van der Waals surface area contributed by atoms with Crippen molar-refractivity contribution in [2.45, 2.75) is 6.54 Å². The van der Waals surface area contributed by atoms with E-state index in [2.05, 4.69) is 26.6 Å². The Kier molecular flexibility index (Phi) is 3.49. The highest BCUT2D eigenvalue weighted by atomic mass is 79.9. The zero-order valence-corrected chi connectivity index (χ0v) is 12.5. The summed E-state index contributed by atoms with van der Waals surface area (Å²) in [6.07, 6.45) is 2.02. The number of benzene rings is 2. The quantitative estimate of drug-likeness (QED) is 0.683. The predicted octanol–water partition coefficient (Wildman–Crippen LogP) is 4.60. The van der Waals surface area contributed by atoms with E-state index in [4.69, 9.17) is 4.74 Å². The number of fused-ring (bicyclic) bond motifs is 1. The van der Waals surface area contributed by atoms with Crippen LogP contribution < -0.4 is 4.74 Å². The molecular formula is C16H13BrFNO. The number of aromatic nitrogens is 1. The van der Waals surface area contributed by atoms with Crippen molar-refractivity contribution in [3.63, 3.8) is 0 Å². The number of ether oxygens (including phenoxy) is 1. The lowest BCUT2D eigenvalue weighted by molar-refractivity contribution is 0.420. The Morgan fingerprint density at radius 3 is 2.80 bits per heavy atom. The van der Waals surface area contributed by atoms with Crippen molar-refractivity contribution in [2.75, 3.05) is 7.11 Å². The van der Waals surface area contributed by atoms with E-state index in [1.807, 2.05) is 24.4 Å². The van der Waals surface area contributed by atoms with Crippen molar-refractivity contribution in [1.29, 1.82) is 0 Å². The zero-order chi connectivity index (χ0) is 14.1. The molecule has 0 aliphatic rings. The molecule has 0 atom stereocenters. The molecule has 0 saturated heterocycles. The highest BCUT2D eigenvalue weighted by Gasteiger charge is 2.08. The van der Waals surface area contributed by atoms with Crippen LogP contribution in [0.5, 0.6) is 5.75 Å². The minimum absolute atomic E-state index is 0.236. The lowest BCUT2D eigenvalue weighted by atomic mass is 10.2. The number of halogens is 2. The van der Waals surface area contributed by atoms with Gasteiger partial charge in [0.05, 0.1) is 12.6 Å². The van der Waals surface area contributed by atoms with Gasteiger partial charge in [-0.05, 0) is 35.9 Å². The molecule has 2 nitrogen and oxygen atoms in total. The van der Waals surface area contributed by atoms with E-state index in [0.29, 0.717) is 6.54 Å². The van der Waals surface area contributed by atoms with Crippen LogP contribution in [0.1, 0.15) is 5.56 Å². The van der Waals surface area contributed by atoms with Crippen LogP contribution in [0.15, 0.2) is 53.1 Å². The van der Waals surface area contributed by atoms with Gasteiger partial charge in [0.25, 0.3) is 0 Å². The van der Waals surface area contributed by atoms with Crippen molar-refractivity contribution < 1.29 is 9.13 Å². The fraction of sp³-hybridized carbons (Fsp3) is 0.125. The molecule has 20 heavy (non-hydrogen) atoms. The Morgan fingerprint density at radius 2 is 2.05 bits per heavy atom. The van der Waals surface area contributed by atoms with Crippen molar-refractivity contribution in [1.82, 2.24) is 4.57 Å². The zero-order valence-electron chi connectivity index (χ0n) is 10.9. The maximum atomic E-state index is 13.1. The van der Waals surface area contributed by atoms with Gasteiger partial charge in [0.1, 0.15) is 11.6 Å². The molecule has 102 valence electrons. The van der Waals surface area contributed by atoms with Crippen molar-refractivity contribution in [2.24, 2.45) is 0 Å². The van der Waals surface area contributed by atoms with Gasteiger partial charge in [-0.2, -0.15) is 0 Å². The van der Waals surface area contributed by atoms with Gasteiger partial charge in [0, 0.05) is 22.6 Å². The maximum absolute atomic E-state index is 13.1. The molecule has 0 saturated carbocycles. The third kappa shape index (κ3) is 2.31. The molecule has 3 aromatic rings. The summed E-state index contributed by atoms with van der Waals surface area (Å²) in [6, 6.07) is 12.8. The molecule has 0 N–H and O–H groups in total. The molecule has 1 aromatic heterocycles. The van der Waals surface area contributed by atoms with Crippen molar-refractivity contribution in [3.8, 4) is 5.75 Å². The monoisotopic (exact) mass is 333 g/mol. The third-order valence-corrected chi connectivity index (χ3v) is 4.09. The molecule has 0 spiro atoms. The summed E-state index contributed by atoms with van der Waals surface area (Å²) in [5.74, 6) is 0.624. The molecular weight excluding hydrogens is 321 g/mol. The largest absolute Gasteiger partial charge is 0.496 e.